The van der Waals surface area contributed by atoms with Crippen molar-refractivity contribution in [3.05, 3.63) is 53.6 Å². The summed E-state index contributed by atoms with van der Waals surface area (Å²) in [4.78, 5) is 9.75. The van der Waals surface area contributed by atoms with Crippen molar-refractivity contribution in [3.8, 4) is 5.75 Å². The van der Waals surface area contributed by atoms with E-state index in [2.05, 4.69) is 5.09 Å². The lowest BCUT2D eigenvalue weighted by Gasteiger charge is -2.16. The third-order valence-electron chi connectivity index (χ3n) is 2.27. The molecule has 1 atom stereocenters. The van der Waals surface area contributed by atoms with Crippen LogP contribution >= 0.6 is 19.3 Å². The first kappa shape index (κ1) is 13.7. The number of hydrogen-bond donors (Lipinski definition) is 3. The summed E-state index contributed by atoms with van der Waals surface area (Å²) in [5.74, 6) is 0.234. The van der Waals surface area contributed by atoms with Gasteiger partial charge in [0.05, 0.1) is 11.4 Å². The summed E-state index contributed by atoms with van der Waals surface area (Å²) < 4.78 is 16.9. The van der Waals surface area contributed by atoms with Crippen LogP contribution in [0.3, 0.4) is 0 Å². The topological polar surface area (TPSA) is 84.6 Å². The van der Waals surface area contributed by atoms with Gasteiger partial charge in [-0.1, -0.05) is 23.7 Å². The van der Waals surface area contributed by atoms with Gasteiger partial charge in [-0.25, -0.2) is 4.57 Å². The summed E-state index contributed by atoms with van der Waals surface area (Å²) in [6, 6.07) is 12.8. The molecule has 0 radical (unpaired) electrons. The largest absolute Gasteiger partial charge is 0.483 e. The van der Waals surface area contributed by atoms with Crippen LogP contribution in [0.1, 0.15) is 0 Å². The number of nitrogens with two attached hydrogens (primary N) is 1. The molecule has 0 heterocycles. The maximum atomic E-state index is 11.9. The van der Waals surface area contributed by atoms with Crippen LogP contribution in [0.15, 0.2) is 48.5 Å². The number of para-hydroxylation sites is 2. The van der Waals surface area contributed by atoms with E-state index in [4.69, 9.17) is 21.9 Å². The quantitative estimate of drug-likeness (QED) is 0.594. The van der Waals surface area contributed by atoms with Gasteiger partial charge in [-0.15, -0.1) is 0 Å². The highest BCUT2D eigenvalue weighted by Gasteiger charge is 2.22. The molecule has 0 saturated carbocycles. The standard InChI is InChI=1S/C12H12ClN2O3P/c13-9-5-7-10(8-6-9)18-19(16,17)15-12-4-2-1-3-11(12)14/h1-8H,14H2,(H2,15,16,17). The van der Waals surface area contributed by atoms with Crippen molar-refractivity contribution in [2.75, 3.05) is 10.8 Å². The number of halogens is 1. The molecule has 4 N–H and O–H groups in total. The maximum absolute atomic E-state index is 11.9. The van der Waals surface area contributed by atoms with E-state index in [-0.39, 0.29) is 5.75 Å². The fraction of sp³-hybridized carbons (Fsp3) is 0. The number of benzene rings is 2. The van der Waals surface area contributed by atoms with E-state index in [1.165, 1.54) is 12.1 Å². The minimum atomic E-state index is -4.05. The molecule has 0 aliphatic heterocycles. The van der Waals surface area contributed by atoms with Crippen LogP contribution in [0, 0.1) is 0 Å². The molecule has 2 aromatic rings. The molecule has 0 spiro atoms. The molecule has 0 amide bonds. The Morgan fingerprint density at radius 2 is 1.79 bits per heavy atom. The Balaban J connectivity index is 2.13. The third-order valence-corrected chi connectivity index (χ3v) is 3.50. The van der Waals surface area contributed by atoms with E-state index in [9.17, 15) is 9.46 Å². The Labute approximate surface area is 115 Å². The van der Waals surface area contributed by atoms with Crippen molar-refractivity contribution in [3.63, 3.8) is 0 Å². The molecule has 1 unspecified atom stereocenters. The Bertz CT molecular complexity index is 619. The normalized spacial score (nSPS) is 13.6. The minimum Gasteiger partial charge on any atom is -0.409 e. The van der Waals surface area contributed by atoms with Crippen LogP contribution in [0.4, 0.5) is 11.4 Å². The number of nitrogen functional groups attached to an aromatic ring is 1. The number of nitrogens with one attached hydrogen (secondary N) is 1. The average Bonchev–Trinajstić information content (AvgIpc) is 2.35. The van der Waals surface area contributed by atoms with Gasteiger partial charge in [0.15, 0.2) is 0 Å². The molecular weight excluding hydrogens is 287 g/mol. The monoisotopic (exact) mass is 298 g/mol. The second-order valence-electron chi connectivity index (χ2n) is 3.76. The maximum Gasteiger partial charge on any atom is 0.483 e. The lowest BCUT2D eigenvalue weighted by atomic mass is 10.3. The first-order valence-corrected chi connectivity index (χ1v) is 7.32. The van der Waals surface area contributed by atoms with Gasteiger partial charge in [0.2, 0.25) is 0 Å². The zero-order chi connectivity index (χ0) is 13.9. The van der Waals surface area contributed by atoms with Gasteiger partial charge in [-0.05, 0) is 36.4 Å². The summed E-state index contributed by atoms with van der Waals surface area (Å²) in [7, 11) is -4.05. The van der Waals surface area contributed by atoms with E-state index in [0.717, 1.165) is 0 Å². The van der Waals surface area contributed by atoms with Crippen molar-refractivity contribution >= 4 is 30.7 Å². The van der Waals surface area contributed by atoms with Crippen LogP contribution in [0.2, 0.25) is 5.02 Å². The minimum absolute atomic E-state index is 0.234. The first-order chi connectivity index (χ1) is 8.96. The molecule has 0 aromatic heterocycles. The molecule has 0 aliphatic carbocycles. The fourth-order valence-corrected chi connectivity index (χ4v) is 2.50. The van der Waals surface area contributed by atoms with E-state index in [1.807, 2.05) is 0 Å². The van der Waals surface area contributed by atoms with E-state index in [1.54, 1.807) is 36.4 Å². The third kappa shape index (κ3) is 3.89. The smallest absolute Gasteiger partial charge is 0.409 e. The van der Waals surface area contributed by atoms with Gasteiger partial charge in [0, 0.05) is 5.02 Å². The molecule has 0 saturated heterocycles. The molecule has 5 nitrogen and oxygen atoms in total. The van der Waals surface area contributed by atoms with Crippen LogP contribution < -0.4 is 15.3 Å². The molecule has 7 heteroatoms. The molecule has 19 heavy (non-hydrogen) atoms. The average molecular weight is 299 g/mol. The number of hydrogen-bond acceptors (Lipinski definition) is 3. The van der Waals surface area contributed by atoms with Gasteiger partial charge in [-0.3, -0.25) is 9.98 Å². The predicted molar refractivity (Wildman–Crippen MR) is 76.4 cm³/mol. The Morgan fingerprint density at radius 1 is 1.16 bits per heavy atom. The SMILES string of the molecule is Nc1ccccc1NP(=O)(O)Oc1ccc(Cl)cc1. The molecule has 2 aromatic carbocycles. The zero-order valence-electron chi connectivity index (χ0n) is 9.79. The molecule has 100 valence electrons. The van der Waals surface area contributed by atoms with Crippen molar-refractivity contribution in [2.45, 2.75) is 0 Å². The molecule has 0 aliphatic rings. The van der Waals surface area contributed by atoms with Gasteiger partial charge >= 0.3 is 7.75 Å². The van der Waals surface area contributed by atoms with Crippen molar-refractivity contribution < 1.29 is 14.0 Å². The second-order valence-corrected chi connectivity index (χ2v) is 5.65. The lowest BCUT2D eigenvalue weighted by Crippen LogP contribution is -2.04. The van der Waals surface area contributed by atoms with Gasteiger partial charge in [-0.2, -0.15) is 0 Å². The van der Waals surface area contributed by atoms with Crippen molar-refractivity contribution in [2.24, 2.45) is 0 Å². The lowest BCUT2D eigenvalue weighted by molar-refractivity contribution is 0.387. The van der Waals surface area contributed by atoms with Gasteiger partial charge < -0.3 is 10.3 Å². The van der Waals surface area contributed by atoms with Crippen LogP contribution in [0.25, 0.3) is 0 Å². The van der Waals surface area contributed by atoms with Crippen molar-refractivity contribution in [1.29, 1.82) is 0 Å². The van der Waals surface area contributed by atoms with Crippen LogP contribution in [-0.4, -0.2) is 4.89 Å². The first-order valence-electron chi connectivity index (χ1n) is 5.37. The Morgan fingerprint density at radius 3 is 2.42 bits per heavy atom. The van der Waals surface area contributed by atoms with E-state index < -0.39 is 7.75 Å². The second kappa shape index (κ2) is 5.53. The summed E-state index contributed by atoms with van der Waals surface area (Å²) >= 11 is 5.71. The predicted octanol–water partition coefficient (Wildman–Crippen LogP) is 3.51. The van der Waals surface area contributed by atoms with E-state index in [0.29, 0.717) is 16.4 Å². The van der Waals surface area contributed by atoms with E-state index >= 15 is 0 Å². The van der Waals surface area contributed by atoms with Gasteiger partial charge in [0.25, 0.3) is 0 Å². The summed E-state index contributed by atoms with van der Waals surface area (Å²) in [5.41, 5.74) is 6.37. The Kier molecular flexibility index (Phi) is 4.00. The van der Waals surface area contributed by atoms with Gasteiger partial charge in [0.1, 0.15) is 5.75 Å². The summed E-state index contributed by atoms with van der Waals surface area (Å²) in [6.45, 7) is 0. The fourth-order valence-electron chi connectivity index (χ4n) is 1.41. The number of rotatable bonds is 4. The highest BCUT2D eigenvalue weighted by molar-refractivity contribution is 7.54. The molecule has 0 bridgehead atoms. The molecule has 0 fully saturated rings. The van der Waals surface area contributed by atoms with Crippen LogP contribution in [-0.2, 0) is 4.57 Å². The Hall–Kier alpha value is -1.68. The number of anilines is 2. The summed E-state index contributed by atoms with van der Waals surface area (Å²) in [5, 5.41) is 2.89. The highest BCUT2D eigenvalue weighted by Crippen LogP contribution is 2.43. The molecular formula is C12H12ClN2O3P. The zero-order valence-corrected chi connectivity index (χ0v) is 11.4. The summed E-state index contributed by atoms with van der Waals surface area (Å²) in [6.07, 6.45) is 0. The van der Waals surface area contributed by atoms with Crippen LogP contribution in [0.5, 0.6) is 5.75 Å². The molecule has 2 rings (SSSR count). The highest BCUT2D eigenvalue weighted by atomic mass is 35.5. The van der Waals surface area contributed by atoms with Crippen molar-refractivity contribution in [1.82, 2.24) is 0 Å².